The van der Waals surface area contributed by atoms with Gasteiger partial charge in [-0.1, -0.05) is 12.8 Å². The van der Waals surface area contributed by atoms with Gasteiger partial charge in [0.05, 0.1) is 0 Å². The minimum absolute atomic E-state index is 0.0773. The molecule has 2 unspecified atom stereocenters. The largest absolute Gasteiger partial charge is 0.334 e. The summed E-state index contributed by atoms with van der Waals surface area (Å²) in [6.07, 6.45) is 11.6. The van der Waals surface area contributed by atoms with E-state index in [-0.39, 0.29) is 11.6 Å². The fourth-order valence-electron chi connectivity index (χ4n) is 5.74. The lowest BCUT2D eigenvalue weighted by atomic mass is 9.43. The second-order valence-corrected chi connectivity index (χ2v) is 7.94. The normalized spacial score (nSPS) is 46.2. The molecule has 1 spiro atoms. The molecule has 5 fully saturated rings. The third-order valence-corrected chi connectivity index (χ3v) is 6.16. The number of amides is 2. The highest BCUT2D eigenvalue weighted by Gasteiger charge is 2.61. The number of nitrogens with one attached hydrogen (secondary N) is 3. The summed E-state index contributed by atoms with van der Waals surface area (Å²) in [6, 6.07) is 0.394. The second kappa shape index (κ2) is 4.62. The molecule has 20 heavy (non-hydrogen) atoms. The average molecular weight is 277 g/mol. The Morgan fingerprint density at radius 3 is 2.80 bits per heavy atom. The molecule has 1 saturated heterocycles. The summed E-state index contributed by atoms with van der Waals surface area (Å²) in [5.74, 6) is 0.878. The Morgan fingerprint density at radius 2 is 2.05 bits per heavy atom. The lowest BCUT2D eigenvalue weighted by Gasteiger charge is -2.65. The van der Waals surface area contributed by atoms with Crippen LogP contribution in [0.3, 0.4) is 0 Å². The van der Waals surface area contributed by atoms with Crippen molar-refractivity contribution in [2.45, 2.75) is 69.4 Å². The predicted molar refractivity (Wildman–Crippen MR) is 78.5 cm³/mol. The number of hydrogen-bond acceptors (Lipinski definition) is 2. The molecule has 2 atom stereocenters. The van der Waals surface area contributed by atoms with Crippen molar-refractivity contribution in [2.24, 2.45) is 11.3 Å². The van der Waals surface area contributed by atoms with E-state index in [0.29, 0.717) is 11.5 Å². The Balaban J connectivity index is 1.34. The number of urea groups is 1. The zero-order valence-corrected chi connectivity index (χ0v) is 12.3. The molecule has 5 aliphatic rings. The molecule has 0 radical (unpaired) electrons. The van der Waals surface area contributed by atoms with E-state index in [0.717, 1.165) is 25.4 Å². The van der Waals surface area contributed by atoms with Crippen molar-refractivity contribution in [3.63, 3.8) is 0 Å². The van der Waals surface area contributed by atoms with E-state index in [1.807, 2.05) is 0 Å². The molecule has 112 valence electrons. The Morgan fingerprint density at radius 1 is 1.15 bits per heavy atom. The van der Waals surface area contributed by atoms with Crippen LogP contribution in [0.25, 0.3) is 0 Å². The Kier molecular flexibility index (Phi) is 2.99. The molecule has 3 bridgehead atoms. The molecule has 4 saturated carbocycles. The first kappa shape index (κ1) is 12.9. The third kappa shape index (κ3) is 2.22. The highest BCUT2D eigenvalue weighted by atomic mass is 16.2. The second-order valence-electron chi connectivity index (χ2n) is 7.94. The van der Waals surface area contributed by atoms with E-state index in [4.69, 9.17) is 0 Å². The molecule has 1 aliphatic heterocycles. The van der Waals surface area contributed by atoms with Crippen molar-refractivity contribution < 1.29 is 4.79 Å². The van der Waals surface area contributed by atoms with Crippen LogP contribution in [0.5, 0.6) is 0 Å². The van der Waals surface area contributed by atoms with Gasteiger partial charge in [0.2, 0.25) is 0 Å². The smallest absolute Gasteiger partial charge is 0.315 e. The number of piperidine rings is 1. The molecule has 4 heteroatoms. The standard InChI is InChI=1S/C16H27N3O/c20-14(18-13-4-2-6-17-9-13)19-16-8-12-3-1-5-15(7-12,10-16)11-16/h12-13,17H,1-11H2,(H2,18,19,20). The summed E-state index contributed by atoms with van der Waals surface area (Å²) in [4.78, 5) is 12.3. The Bertz CT molecular complexity index is 391. The molecule has 4 nitrogen and oxygen atoms in total. The van der Waals surface area contributed by atoms with Gasteiger partial charge >= 0.3 is 6.03 Å². The van der Waals surface area contributed by atoms with Crippen LogP contribution in [-0.2, 0) is 0 Å². The van der Waals surface area contributed by atoms with Crippen LogP contribution in [0.4, 0.5) is 4.79 Å². The summed E-state index contributed by atoms with van der Waals surface area (Å²) < 4.78 is 0. The van der Waals surface area contributed by atoms with Crippen molar-refractivity contribution in [1.82, 2.24) is 16.0 Å². The zero-order valence-electron chi connectivity index (χ0n) is 12.3. The van der Waals surface area contributed by atoms with Crippen molar-refractivity contribution in [3.8, 4) is 0 Å². The summed E-state index contributed by atoms with van der Waals surface area (Å²) >= 11 is 0. The van der Waals surface area contributed by atoms with E-state index < -0.39 is 0 Å². The van der Waals surface area contributed by atoms with E-state index in [1.54, 1.807) is 0 Å². The van der Waals surface area contributed by atoms with Crippen LogP contribution < -0.4 is 16.0 Å². The van der Waals surface area contributed by atoms with Gasteiger partial charge in [-0.15, -0.1) is 0 Å². The van der Waals surface area contributed by atoms with Gasteiger partial charge in [-0.05, 0) is 62.8 Å². The molecule has 5 rings (SSSR count). The minimum atomic E-state index is 0.0773. The molecule has 1 heterocycles. The maximum Gasteiger partial charge on any atom is 0.315 e. The van der Waals surface area contributed by atoms with Crippen molar-refractivity contribution in [1.29, 1.82) is 0 Å². The zero-order chi connectivity index (χ0) is 13.6. The quantitative estimate of drug-likeness (QED) is 0.724. The van der Waals surface area contributed by atoms with Crippen LogP contribution in [-0.4, -0.2) is 30.7 Å². The van der Waals surface area contributed by atoms with Crippen LogP contribution in [0, 0.1) is 11.3 Å². The van der Waals surface area contributed by atoms with Gasteiger partial charge in [0.1, 0.15) is 0 Å². The highest BCUT2D eigenvalue weighted by molar-refractivity contribution is 5.75. The average Bonchev–Trinajstić information content (AvgIpc) is 2.37. The number of hydrogen-bond donors (Lipinski definition) is 3. The topological polar surface area (TPSA) is 53.2 Å². The third-order valence-electron chi connectivity index (χ3n) is 6.16. The van der Waals surface area contributed by atoms with Gasteiger partial charge in [-0.3, -0.25) is 0 Å². The minimum Gasteiger partial charge on any atom is -0.334 e. The van der Waals surface area contributed by atoms with Gasteiger partial charge in [-0.25, -0.2) is 4.79 Å². The van der Waals surface area contributed by atoms with Crippen molar-refractivity contribution >= 4 is 6.03 Å². The summed E-state index contributed by atoms with van der Waals surface area (Å²) in [7, 11) is 0. The van der Waals surface area contributed by atoms with Crippen LogP contribution in [0.1, 0.15) is 57.8 Å². The van der Waals surface area contributed by atoms with E-state index >= 15 is 0 Å². The Hall–Kier alpha value is -0.770. The first-order valence-electron chi connectivity index (χ1n) is 8.47. The van der Waals surface area contributed by atoms with E-state index in [1.165, 1.54) is 51.4 Å². The molecular weight excluding hydrogens is 250 g/mol. The van der Waals surface area contributed by atoms with Gasteiger partial charge < -0.3 is 16.0 Å². The number of carbonyl (C=O) groups is 1. The predicted octanol–water partition coefficient (Wildman–Crippen LogP) is 2.15. The summed E-state index contributed by atoms with van der Waals surface area (Å²) in [6.45, 7) is 2.01. The highest BCUT2D eigenvalue weighted by Crippen LogP contribution is 2.65. The van der Waals surface area contributed by atoms with E-state index in [9.17, 15) is 4.79 Å². The molecule has 2 amide bonds. The lowest BCUT2D eigenvalue weighted by Crippen LogP contribution is -2.69. The molecule has 4 aliphatic carbocycles. The van der Waals surface area contributed by atoms with Gasteiger partial charge in [0.15, 0.2) is 0 Å². The van der Waals surface area contributed by atoms with Gasteiger partial charge in [0, 0.05) is 18.1 Å². The maximum atomic E-state index is 12.3. The van der Waals surface area contributed by atoms with Crippen molar-refractivity contribution in [2.75, 3.05) is 13.1 Å². The number of carbonyl (C=O) groups excluding carboxylic acids is 1. The first-order valence-corrected chi connectivity index (χ1v) is 8.47. The molecule has 0 aromatic carbocycles. The van der Waals surface area contributed by atoms with Crippen LogP contribution in [0.15, 0.2) is 0 Å². The number of rotatable bonds is 2. The Labute approximate surface area is 121 Å². The van der Waals surface area contributed by atoms with Gasteiger partial charge in [0.25, 0.3) is 0 Å². The van der Waals surface area contributed by atoms with Crippen LogP contribution >= 0.6 is 0 Å². The maximum absolute atomic E-state index is 12.3. The van der Waals surface area contributed by atoms with Gasteiger partial charge in [-0.2, -0.15) is 0 Å². The summed E-state index contributed by atoms with van der Waals surface area (Å²) in [5.41, 5.74) is 0.760. The van der Waals surface area contributed by atoms with E-state index in [2.05, 4.69) is 16.0 Å². The SMILES string of the molecule is O=C(NC1CCCNC1)NC12CC3CCCC(C3)(C1)C2. The van der Waals surface area contributed by atoms with Crippen molar-refractivity contribution in [3.05, 3.63) is 0 Å². The molecule has 0 aromatic heterocycles. The molecule has 0 aromatic rings. The molecular formula is C16H27N3O. The lowest BCUT2D eigenvalue weighted by molar-refractivity contribution is -0.103. The fourth-order valence-corrected chi connectivity index (χ4v) is 5.74. The molecule has 3 N–H and O–H groups in total. The fraction of sp³-hybridized carbons (Fsp3) is 0.938. The first-order chi connectivity index (χ1) is 9.67. The monoisotopic (exact) mass is 277 g/mol. The van der Waals surface area contributed by atoms with Crippen LogP contribution in [0.2, 0.25) is 0 Å². The summed E-state index contributed by atoms with van der Waals surface area (Å²) in [5, 5.41) is 9.87.